The van der Waals surface area contributed by atoms with Gasteiger partial charge in [0.05, 0.1) is 17.0 Å². The molecule has 2 unspecified atom stereocenters. The van der Waals surface area contributed by atoms with Gasteiger partial charge in [0.15, 0.2) is 0 Å². The van der Waals surface area contributed by atoms with Crippen molar-refractivity contribution in [2.45, 2.75) is 39.3 Å². The molecular formula is C11H18N2O2S. The van der Waals surface area contributed by atoms with E-state index in [2.05, 4.69) is 17.2 Å². The Hall–Kier alpha value is -0.940. The molecule has 0 aliphatic heterocycles. The van der Waals surface area contributed by atoms with Crippen LogP contribution in [0.15, 0.2) is 11.7 Å². The molecule has 1 aromatic heterocycles. The molecule has 1 N–H and O–H groups in total. The van der Waals surface area contributed by atoms with Crippen LogP contribution in [-0.4, -0.2) is 23.6 Å². The fourth-order valence-corrected chi connectivity index (χ4v) is 1.93. The van der Waals surface area contributed by atoms with E-state index < -0.39 is 0 Å². The molecule has 0 radical (unpaired) electrons. The number of ether oxygens (including phenoxy) is 1. The first-order valence-corrected chi connectivity index (χ1v) is 6.38. The molecule has 0 amide bonds. The molecular weight excluding hydrogens is 224 g/mol. The number of nitrogens with zero attached hydrogens (tertiary/aromatic N) is 1. The Morgan fingerprint density at radius 2 is 2.38 bits per heavy atom. The van der Waals surface area contributed by atoms with Crippen LogP contribution in [-0.2, 0) is 9.53 Å². The summed E-state index contributed by atoms with van der Waals surface area (Å²) in [6, 6.07) is -0.112. The van der Waals surface area contributed by atoms with Crippen LogP contribution in [0.4, 0.5) is 0 Å². The lowest BCUT2D eigenvalue weighted by atomic mass is 10.2. The Bertz CT molecular complexity index is 314. The lowest BCUT2D eigenvalue weighted by Gasteiger charge is -2.19. The molecule has 0 saturated carbocycles. The number of carbonyl (C=O) groups is 1. The van der Waals surface area contributed by atoms with E-state index in [1.54, 1.807) is 11.7 Å². The Morgan fingerprint density at radius 3 is 2.88 bits per heavy atom. The lowest BCUT2D eigenvalue weighted by molar-refractivity contribution is -0.146. The van der Waals surface area contributed by atoms with Crippen LogP contribution < -0.4 is 5.32 Å². The quantitative estimate of drug-likeness (QED) is 0.776. The van der Waals surface area contributed by atoms with Crippen molar-refractivity contribution in [2.75, 3.05) is 6.61 Å². The summed E-state index contributed by atoms with van der Waals surface area (Å²) in [6.07, 6.45) is 2.68. The molecule has 1 heterocycles. The maximum absolute atomic E-state index is 11.8. The average Bonchev–Trinajstić information content (AvgIpc) is 2.78. The monoisotopic (exact) mass is 242 g/mol. The fourth-order valence-electron chi connectivity index (χ4n) is 1.26. The minimum atomic E-state index is -0.387. The summed E-state index contributed by atoms with van der Waals surface area (Å²) < 4.78 is 5.05. The summed E-state index contributed by atoms with van der Waals surface area (Å²) >= 11 is 1.46. The summed E-state index contributed by atoms with van der Waals surface area (Å²) in [5, 5.41) is 3.25. The number of rotatable bonds is 6. The predicted molar refractivity (Wildman–Crippen MR) is 64.4 cm³/mol. The highest BCUT2D eigenvalue weighted by molar-refractivity contribution is 7.09. The van der Waals surface area contributed by atoms with Crippen LogP contribution in [0, 0.1) is 0 Å². The maximum atomic E-state index is 11.8. The van der Waals surface area contributed by atoms with Gasteiger partial charge >= 0.3 is 5.97 Å². The molecule has 0 aromatic carbocycles. The van der Waals surface area contributed by atoms with Crippen LogP contribution >= 0.6 is 11.3 Å². The van der Waals surface area contributed by atoms with Gasteiger partial charge in [0.25, 0.3) is 0 Å². The fraction of sp³-hybridized carbons (Fsp3) is 0.636. The largest absolute Gasteiger partial charge is 0.465 e. The van der Waals surface area contributed by atoms with Crippen LogP contribution in [0.1, 0.15) is 38.1 Å². The third-order valence-electron chi connectivity index (χ3n) is 2.32. The molecule has 0 aliphatic rings. The third-order valence-corrected chi connectivity index (χ3v) is 3.16. The van der Waals surface area contributed by atoms with Crippen molar-refractivity contribution < 1.29 is 9.53 Å². The Kier molecular flexibility index (Phi) is 5.42. The summed E-state index contributed by atoms with van der Waals surface area (Å²) in [5.41, 5.74) is 1.72. The molecule has 1 aromatic rings. The molecule has 0 fully saturated rings. The van der Waals surface area contributed by atoms with Crippen molar-refractivity contribution in [3.8, 4) is 0 Å². The molecule has 2 atom stereocenters. The Labute approximate surface area is 100 Å². The average molecular weight is 242 g/mol. The zero-order chi connectivity index (χ0) is 12.0. The smallest absolute Gasteiger partial charge is 0.328 e. The van der Waals surface area contributed by atoms with Gasteiger partial charge in [-0.1, -0.05) is 6.92 Å². The third kappa shape index (κ3) is 3.57. The van der Waals surface area contributed by atoms with Gasteiger partial charge in [0.2, 0.25) is 0 Å². The van der Waals surface area contributed by atoms with Crippen LogP contribution in [0.5, 0.6) is 0 Å². The second-order valence-corrected chi connectivity index (χ2v) is 4.48. The Balaban J connectivity index is 2.73. The highest BCUT2D eigenvalue weighted by Gasteiger charge is 2.24. The first-order chi connectivity index (χ1) is 7.69. The highest BCUT2D eigenvalue weighted by Crippen LogP contribution is 2.19. The van der Waals surface area contributed by atoms with Crippen LogP contribution in [0.25, 0.3) is 0 Å². The van der Waals surface area contributed by atoms with Gasteiger partial charge in [-0.3, -0.25) is 10.3 Å². The van der Waals surface area contributed by atoms with E-state index >= 15 is 0 Å². The van der Waals surface area contributed by atoms with Gasteiger partial charge in [-0.25, -0.2) is 4.79 Å². The minimum Gasteiger partial charge on any atom is -0.465 e. The summed E-state index contributed by atoms with van der Waals surface area (Å²) in [5.74, 6) is -0.230. The molecule has 1 rings (SSSR count). The van der Waals surface area contributed by atoms with E-state index in [9.17, 15) is 4.79 Å². The standard InChI is InChI=1S/C11H18N2O2S/c1-4-8(3)13-10(11(14)15-5-2)9-6-12-7-16-9/h6-8,10,13H,4-5H2,1-3H3. The van der Waals surface area contributed by atoms with E-state index in [-0.39, 0.29) is 18.1 Å². The number of hydrogen-bond donors (Lipinski definition) is 1. The summed E-state index contributed by atoms with van der Waals surface area (Å²) in [4.78, 5) is 16.7. The van der Waals surface area contributed by atoms with Gasteiger partial charge in [0, 0.05) is 12.2 Å². The molecule has 0 bridgehead atoms. The number of esters is 1. The molecule has 5 heteroatoms. The molecule has 0 aliphatic carbocycles. The number of aromatic nitrogens is 1. The van der Waals surface area contributed by atoms with E-state index in [1.165, 1.54) is 11.3 Å². The van der Waals surface area contributed by atoms with Gasteiger partial charge in [-0.15, -0.1) is 11.3 Å². The molecule has 0 spiro atoms. The van der Waals surface area contributed by atoms with Crippen molar-refractivity contribution in [3.63, 3.8) is 0 Å². The first kappa shape index (κ1) is 13.1. The number of hydrogen-bond acceptors (Lipinski definition) is 5. The zero-order valence-electron chi connectivity index (χ0n) is 9.90. The van der Waals surface area contributed by atoms with Crippen molar-refractivity contribution in [2.24, 2.45) is 0 Å². The molecule has 4 nitrogen and oxygen atoms in total. The second kappa shape index (κ2) is 6.60. The van der Waals surface area contributed by atoms with Crippen molar-refractivity contribution >= 4 is 17.3 Å². The number of carbonyl (C=O) groups excluding carboxylic acids is 1. The molecule has 90 valence electrons. The number of nitrogens with one attached hydrogen (secondary N) is 1. The van der Waals surface area contributed by atoms with Crippen molar-refractivity contribution in [1.29, 1.82) is 0 Å². The van der Waals surface area contributed by atoms with Crippen molar-refractivity contribution in [1.82, 2.24) is 10.3 Å². The SMILES string of the molecule is CCOC(=O)C(NC(C)CC)c1cncs1. The Morgan fingerprint density at radius 1 is 1.62 bits per heavy atom. The zero-order valence-corrected chi connectivity index (χ0v) is 10.7. The van der Waals surface area contributed by atoms with E-state index in [0.717, 1.165) is 11.3 Å². The first-order valence-electron chi connectivity index (χ1n) is 5.50. The summed E-state index contributed by atoms with van der Waals surface area (Å²) in [7, 11) is 0. The lowest BCUT2D eigenvalue weighted by Crippen LogP contribution is -2.35. The molecule has 16 heavy (non-hydrogen) atoms. The number of thiazole rings is 1. The minimum absolute atomic E-state index is 0.230. The van der Waals surface area contributed by atoms with E-state index in [1.807, 2.05) is 13.8 Å². The van der Waals surface area contributed by atoms with Gasteiger partial charge in [-0.05, 0) is 20.3 Å². The predicted octanol–water partition coefficient (Wildman–Crippen LogP) is 2.14. The van der Waals surface area contributed by atoms with E-state index in [4.69, 9.17) is 4.74 Å². The highest BCUT2D eigenvalue weighted by atomic mass is 32.1. The normalized spacial score (nSPS) is 14.4. The van der Waals surface area contributed by atoms with Crippen LogP contribution in [0.3, 0.4) is 0 Å². The van der Waals surface area contributed by atoms with Gasteiger partial charge in [-0.2, -0.15) is 0 Å². The topological polar surface area (TPSA) is 51.2 Å². The second-order valence-electron chi connectivity index (χ2n) is 3.56. The van der Waals surface area contributed by atoms with Gasteiger partial charge in [0.1, 0.15) is 6.04 Å². The van der Waals surface area contributed by atoms with Crippen LogP contribution in [0.2, 0.25) is 0 Å². The molecule has 0 saturated heterocycles. The van der Waals surface area contributed by atoms with E-state index in [0.29, 0.717) is 6.61 Å². The summed E-state index contributed by atoms with van der Waals surface area (Å²) in [6.45, 7) is 6.33. The maximum Gasteiger partial charge on any atom is 0.328 e. The van der Waals surface area contributed by atoms with Crippen molar-refractivity contribution in [3.05, 3.63) is 16.6 Å². The van der Waals surface area contributed by atoms with Gasteiger partial charge < -0.3 is 4.74 Å².